The summed E-state index contributed by atoms with van der Waals surface area (Å²) in [5.41, 5.74) is 0.286. The zero-order chi connectivity index (χ0) is 11.4. The predicted molar refractivity (Wildman–Crippen MR) is 56.5 cm³/mol. The van der Waals surface area contributed by atoms with Crippen molar-refractivity contribution in [1.82, 2.24) is 0 Å². The molecule has 0 fully saturated rings. The second-order valence-corrected chi connectivity index (χ2v) is 3.75. The van der Waals surface area contributed by atoms with E-state index in [9.17, 15) is 9.18 Å². The van der Waals surface area contributed by atoms with Gasteiger partial charge < -0.3 is 5.11 Å². The Morgan fingerprint density at radius 1 is 1.60 bits per heavy atom. The number of halogens is 2. The molecule has 1 atom stereocenters. The van der Waals surface area contributed by atoms with Gasteiger partial charge in [-0.3, -0.25) is 4.79 Å². The van der Waals surface area contributed by atoms with Crippen molar-refractivity contribution in [2.75, 3.05) is 0 Å². The van der Waals surface area contributed by atoms with Gasteiger partial charge in [0, 0.05) is 10.6 Å². The molecule has 0 spiro atoms. The highest BCUT2D eigenvalue weighted by atomic mass is 35.5. The average molecular weight is 231 g/mol. The fraction of sp³-hybridized carbons (Fsp3) is 0.364. The van der Waals surface area contributed by atoms with E-state index in [0.29, 0.717) is 6.42 Å². The van der Waals surface area contributed by atoms with Crippen LogP contribution in [0.5, 0.6) is 0 Å². The summed E-state index contributed by atoms with van der Waals surface area (Å²) in [6, 6.07) is 4.35. The van der Waals surface area contributed by atoms with Crippen LogP contribution in [-0.4, -0.2) is 11.1 Å². The molecule has 0 amide bonds. The van der Waals surface area contributed by atoms with Gasteiger partial charge in [0.25, 0.3) is 0 Å². The van der Waals surface area contributed by atoms with E-state index in [1.165, 1.54) is 12.1 Å². The lowest BCUT2D eigenvalue weighted by Crippen LogP contribution is -2.16. The molecule has 1 aromatic carbocycles. The van der Waals surface area contributed by atoms with Crippen LogP contribution >= 0.6 is 11.6 Å². The molecular weight excluding hydrogens is 219 g/mol. The Morgan fingerprint density at radius 3 is 2.73 bits per heavy atom. The summed E-state index contributed by atoms with van der Waals surface area (Å²) >= 11 is 5.80. The fourth-order valence-corrected chi connectivity index (χ4v) is 1.62. The lowest BCUT2D eigenvalue weighted by molar-refractivity contribution is -0.141. The van der Waals surface area contributed by atoms with Gasteiger partial charge >= 0.3 is 5.97 Å². The van der Waals surface area contributed by atoms with Gasteiger partial charge in [0.2, 0.25) is 0 Å². The number of benzene rings is 1. The second kappa shape index (κ2) is 5.12. The number of rotatable bonds is 4. The van der Waals surface area contributed by atoms with Gasteiger partial charge in [0.15, 0.2) is 0 Å². The number of hydrogen-bond donors (Lipinski definition) is 1. The van der Waals surface area contributed by atoms with Crippen molar-refractivity contribution in [1.29, 1.82) is 0 Å². The highest BCUT2D eigenvalue weighted by Gasteiger charge is 2.19. The molecule has 1 aromatic rings. The van der Waals surface area contributed by atoms with E-state index in [1.54, 1.807) is 13.0 Å². The minimum Gasteiger partial charge on any atom is -0.481 e. The van der Waals surface area contributed by atoms with Crippen LogP contribution in [0.15, 0.2) is 18.2 Å². The third-order valence-electron chi connectivity index (χ3n) is 2.35. The monoisotopic (exact) mass is 230 g/mol. The maximum atomic E-state index is 13.3. The zero-order valence-electron chi connectivity index (χ0n) is 8.34. The van der Waals surface area contributed by atoms with E-state index < -0.39 is 17.7 Å². The summed E-state index contributed by atoms with van der Waals surface area (Å²) in [7, 11) is 0. The van der Waals surface area contributed by atoms with Crippen LogP contribution in [0.4, 0.5) is 4.39 Å². The molecule has 0 radical (unpaired) electrons. The standard InChI is InChI=1S/C11H12ClFO2/c1-2-7(11(14)15)6-8-9(12)4-3-5-10(8)13/h3-5,7H,2,6H2,1H3,(H,14,15)/t7-/m1/s1. The number of carbonyl (C=O) groups is 1. The van der Waals surface area contributed by atoms with Crippen LogP contribution in [0.25, 0.3) is 0 Å². The van der Waals surface area contributed by atoms with Crippen LogP contribution in [0.2, 0.25) is 5.02 Å². The Kier molecular flexibility index (Phi) is 4.09. The van der Waals surface area contributed by atoms with Gasteiger partial charge in [-0.2, -0.15) is 0 Å². The second-order valence-electron chi connectivity index (χ2n) is 3.35. The Morgan fingerprint density at radius 2 is 2.27 bits per heavy atom. The fourth-order valence-electron chi connectivity index (χ4n) is 1.38. The van der Waals surface area contributed by atoms with Gasteiger partial charge in [-0.05, 0) is 25.0 Å². The molecule has 0 bridgehead atoms. The smallest absolute Gasteiger partial charge is 0.306 e. The average Bonchev–Trinajstić information content (AvgIpc) is 2.17. The molecule has 1 rings (SSSR count). The summed E-state index contributed by atoms with van der Waals surface area (Å²) in [6.45, 7) is 1.76. The molecule has 15 heavy (non-hydrogen) atoms. The van der Waals surface area contributed by atoms with Crippen molar-refractivity contribution >= 4 is 17.6 Å². The summed E-state index contributed by atoms with van der Waals surface area (Å²) in [6.07, 6.45) is 0.595. The third-order valence-corrected chi connectivity index (χ3v) is 2.71. The van der Waals surface area contributed by atoms with E-state index >= 15 is 0 Å². The highest BCUT2D eigenvalue weighted by molar-refractivity contribution is 6.31. The Bertz CT molecular complexity index is 345. The molecule has 0 heterocycles. The molecule has 0 aliphatic carbocycles. The third kappa shape index (κ3) is 2.93. The van der Waals surface area contributed by atoms with E-state index in [-0.39, 0.29) is 17.0 Å². The van der Waals surface area contributed by atoms with Crippen LogP contribution in [0.3, 0.4) is 0 Å². The summed E-state index contributed by atoms with van der Waals surface area (Å²) in [5.74, 6) is -1.95. The maximum absolute atomic E-state index is 13.3. The van der Waals surface area contributed by atoms with Gasteiger partial charge in [-0.1, -0.05) is 24.6 Å². The molecular formula is C11H12ClFO2. The van der Waals surface area contributed by atoms with Crippen molar-refractivity contribution in [3.8, 4) is 0 Å². The highest BCUT2D eigenvalue weighted by Crippen LogP contribution is 2.23. The normalized spacial score (nSPS) is 12.5. The molecule has 0 aliphatic rings. The molecule has 1 N–H and O–H groups in total. The Hall–Kier alpha value is -1.09. The van der Waals surface area contributed by atoms with Crippen LogP contribution in [0.1, 0.15) is 18.9 Å². The van der Waals surface area contributed by atoms with Gasteiger partial charge in [-0.25, -0.2) is 4.39 Å². The molecule has 4 heteroatoms. The minimum absolute atomic E-state index is 0.136. The lowest BCUT2D eigenvalue weighted by Gasteiger charge is -2.11. The zero-order valence-corrected chi connectivity index (χ0v) is 9.09. The first-order chi connectivity index (χ1) is 7.06. The molecule has 0 aliphatic heterocycles. The van der Waals surface area contributed by atoms with E-state index in [0.717, 1.165) is 0 Å². The van der Waals surface area contributed by atoms with Crippen molar-refractivity contribution in [3.63, 3.8) is 0 Å². The first-order valence-corrected chi connectivity index (χ1v) is 5.09. The van der Waals surface area contributed by atoms with Crippen molar-refractivity contribution < 1.29 is 14.3 Å². The number of hydrogen-bond acceptors (Lipinski definition) is 1. The van der Waals surface area contributed by atoms with E-state index in [2.05, 4.69) is 0 Å². The minimum atomic E-state index is -0.920. The Balaban J connectivity index is 2.92. The topological polar surface area (TPSA) is 37.3 Å². The molecule has 2 nitrogen and oxygen atoms in total. The molecule has 0 unspecified atom stereocenters. The predicted octanol–water partition coefficient (Wildman–Crippen LogP) is 3.13. The van der Waals surface area contributed by atoms with Gasteiger partial charge in [0.05, 0.1) is 5.92 Å². The van der Waals surface area contributed by atoms with Crippen LogP contribution < -0.4 is 0 Å². The SMILES string of the molecule is CC[C@H](Cc1c(F)cccc1Cl)C(=O)O. The quantitative estimate of drug-likeness (QED) is 0.863. The van der Waals surface area contributed by atoms with Crippen LogP contribution in [0, 0.1) is 11.7 Å². The van der Waals surface area contributed by atoms with Crippen LogP contribution in [-0.2, 0) is 11.2 Å². The molecule has 0 saturated carbocycles. The largest absolute Gasteiger partial charge is 0.481 e. The lowest BCUT2D eigenvalue weighted by atomic mass is 9.97. The first-order valence-electron chi connectivity index (χ1n) is 4.72. The van der Waals surface area contributed by atoms with E-state index in [1.807, 2.05) is 0 Å². The van der Waals surface area contributed by atoms with Gasteiger partial charge in [-0.15, -0.1) is 0 Å². The summed E-state index contributed by atoms with van der Waals surface area (Å²) in [5, 5.41) is 9.14. The van der Waals surface area contributed by atoms with E-state index in [4.69, 9.17) is 16.7 Å². The molecule has 0 saturated heterocycles. The summed E-state index contributed by atoms with van der Waals surface area (Å²) < 4.78 is 13.3. The molecule has 82 valence electrons. The summed E-state index contributed by atoms with van der Waals surface area (Å²) in [4.78, 5) is 10.8. The van der Waals surface area contributed by atoms with Crippen molar-refractivity contribution in [2.45, 2.75) is 19.8 Å². The number of aliphatic carboxylic acids is 1. The first kappa shape index (κ1) is 12.0. The maximum Gasteiger partial charge on any atom is 0.306 e. The van der Waals surface area contributed by atoms with Crippen molar-refractivity contribution in [2.24, 2.45) is 5.92 Å². The number of carboxylic acid groups (broad SMARTS) is 1. The number of carboxylic acids is 1. The molecule has 0 aromatic heterocycles. The van der Waals surface area contributed by atoms with Crippen molar-refractivity contribution in [3.05, 3.63) is 34.6 Å². The van der Waals surface area contributed by atoms with Gasteiger partial charge in [0.1, 0.15) is 5.82 Å². The Labute approximate surface area is 92.7 Å².